The minimum absolute atomic E-state index is 0.224. The van der Waals surface area contributed by atoms with Gasteiger partial charge in [-0.3, -0.25) is 4.79 Å². The first-order chi connectivity index (χ1) is 11.7. The number of carbonyl (C=O) groups excluding carboxylic acids is 1. The molecule has 1 aromatic heterocycles. The van der Waals surface area contributed by atoms with Crippen molar-refractivity contribution in [1.82, 2.24) is 4.98 Å². The second-order valence-corrected chi connectivity index (χ2v) is 6.38. The zero-order valence-corrected chi connectivity index (χ0v) is 14.4. The number of nitrogens with one attached hydrogen (secondary N) is 1. The molecule has 0 aliphatic heterocycles. The van der Waals surface area contributed by atoms with Crippen molar-refractivity contribution in [1.29, 1.82) is 0 Å². The lowest BCUT2D eigenvalue weighted by atomic mass is 10.2. The van der Waals surface area contributed by atoms with Crippen molar-refractivity contribution < 1.29 is 9.53 Å². The number of carbonyl (C=O) groups is 1. The second kappa shape index (κ2) is 7.27. The molecule has 0 atom stereocenters. The monoisotopic (exact) mass is 338 g/mol. The van der Waals surface area contributed by atoms with Crippen LogP contribution in [0.5, 0.6) is 5.75 Å². The summed E-state index contributed by atoms with van der Waals surface area (Å²) in [5.41, 5.74) is 2.11. The summed E-state index contributed by atoms with van der Waals surface area (Å²) >= 11 is 1.52. The Balaban J connectivity index is 1.85. The second-order valence-electron chi connectivity index (χ2n) is 5.17. The van der Waals surface area contributed by atoms with E-state index in [1.165, 1.54) is 11.3 Å². The van der Waals surface area contributed by atoms with Crippen LogP contribution in [-0.4, -0.2) is 17.5 Å². The Morgan fingerprint density at radius 3 is 2.58 bits per heavy atom. The molecule has 0 saturated heterocycles. The van der Waals surface area contributed by atoms with E-state index in [4.69, 9.17) is 4.74 Å². The van der Waals surface area contributed by atoms with E-state index in [0.29, 0.717) is 23.7 Å². The third-order valence-corrected chi connectivity index (χ3v) is 4.49. The van der Waals surface area contributed by atoms with E-state index in [9.17, 15) is 4.79 Å². The summed E-state index contributed by atoms with van der Waals surface area (Å²) in [7, 11) is 0. The van der Waals surface area contributed by atoms with Gasteiger partial charge in [-0.2, -0.15) is 0 Å². The molecule has 3 aromatic rings. The van der Waals surface area contributed by atoms with E-state index in [-0.39, 0.29) is 5.91 Å². The molecular weight excluding hydrogens is 320 g/mol. The van der Waals surface area contributed by atoms with Crippen molar-refractivity contribution in [3.05, 3.63) is 65.2 Å². The number of ether oxygens (including phenoxy) is 1. The number of aromatic nitrogens is 1. The van der Waals surface area contributed by atoms with Gasteiger partial charge in [0, 0.05) is 10.4 Å². The highest BCUT2D eigenvalue weighted by Crippen LogP contribution is 2.29. The highest BCUT2D eigenvalue weighted by atomic mass is 32.1. The van der Waals surface area contributed by atoms with E-state index in [1.54, 1.807) is 0 Å². The maximum atomic E-state index is 12.6. The molecule has 1 amide bonds. The van der Waals surface area contributed by atoms with Gasteiger partial charge in [0.1, 0.15) is 16.5 Å². The van der Waals surface area contributed by atoms with Crippen LogP contribution in [0.4, 0.5) is 5.69 Å². The summed E-state index contributed by atoms with van der Waals surface area (Å²) in [5.74, 6) is 0.433. The topological polar surface area (TPSA) is 51.2 Å². The summed E-state index contributed by atoms with van der Waals surface area (Å²) in [5, 5.41) is 3.74. The molecule has 1 N–H and O–H groups in total. The molecule has 0 unspecified atom stereocenters. The Morgan fingerprint density at radius 1 is 1.12 bits per heavy atom. The Bertz CT molecular complexity index is 844. The van der Waals surface area contributed by atoms with Crippen molar-refractivity contribution in [3.63, 3.8) is 0 Å². The van der Waals surface area contributed by atoms with Gasteiger partial charge in [0.2, 0.25) is 0 Å². The number of benzene rings is 2. The quantitative estimate of drug-likeness (QED) is 0.729. The van der Waals surface area contributed by atoms with Gasteiger partial charge in [-0.15, -0.1) is 11.3 Å². The predicted octanol–water partition coefficient (Wildman–Crippen LogP) is 4.77. The molecule has 5 heteroatoms. The SMILES string of the molecule is CCOc1ccccc1NC(=O)c1nc(-c2ccccc2)sc1C. The molecule has 3 rings (SSSR count). The standard InChI is InChI=1S/C19H18N2O2S/c1-3-23-16-12-8-7-11-15(16)20-18(22)17-13(2)24-19(21-17)14-9-5-4-6-10-14/h4-12H,3H2,1-2H3,(H,20,22). The van der Waals surface area contributed by atoms with Crippen LogP contribution in [0, 0.1) is 6.92 Å². The highest BCUT2D eigenvalue weighted by Gasteiger charge is 2.17. The summed E-state index contributed by atoms with van der Waals surface area (Å²) in [6.45, 7) is 4.36. The van der Waals surface area contributed by atoms with E-state index in [1.807, 2.05) is 68.4 Å². The van der Waals surface area contributed by atoms with Gasteiger partial charge in [-0.1, -0.05) is 42.5 Å². The normalized spacial score (nSPS) is 10.4. The van der Waals surface area contributed by atoms with E-state index >= 15 is 0 Å². The summed E-state index contributed by atoms with van der Waals surface area (Å²) < 4.78 is 5.55. The maximum Gasteiger partial charge on any atom is 0.275 e. The van der Waals surface area contributed by atoms with Crippen molar-refractivity contribution in [2.45, 2.75) is 13.8 Å². The van der Waals surface area contributed by atoms with Crippen LogP contribution < -0.4 is 10.1 Å². The molecule has 0 aliphatic carbocycles. The minimum atomic E-state index is -0.224. The van der Waals surface area contributed by atoms with Gasteiger partial charge >= 0.3 is 0 Å². The molecule has 24 heavy (non-hydrogen) atoms. The number of amides is 1. The molecule has 2 aromatic carbocycles. The minimum Gasteiger partial charge on any atom is -0.492 e. The van der Waals surface area contributed by atoms with Crippen molar-refractivity contribution in [2.24, 2.45) is 0 Å². The van der Waals surface area contributed by atoms with Gasteiger partial charge in [0.25, 0.3) is 5.91 Å². The first kappa shape index (κ1) is 16.2. The number of nitrogens with zero attached hydrogens (tertiary/aromatic N) is 1. The maximum absolute atomic E-state index is 12.6. The van der Waals surface area contributed by atoms with Crippen LogP contribution >= 0.6 is 11.3 Å². The first-order valence-electron chi connectivity index (χ1n) is 7.75. The molecule has 0 fully saturated rings. The molecule has 0 spiro atoms. The van der Waals surface area contributed by atoms with Crippen LogP contribution in [0.15, 0.2) is 54.6 Å². The van der Waals surface area contributed by atoms with Crippen LogP contribution in [-0.2, 0) is 0 Å². The average molecular weight is 338 g/mol. The number of anilines is 1. The number of aryl methyl sites for hydroxylation is 1. The molecule has 1 heterocycles. The Hall–Kier alpha value is -2.66. The molecule has 122 valence electrons. The first-order valence-corrected chi connectivity index (χ1v) is 8.56. The fraction of sp³-hybridized carbons (Fsp3) is 0.158. The average Bonchev–Trinajstić information content (AvgIpc) is 3.00. The molecule has 0 radical (unpaired) electrons. The van der Waals surface area contributed by atoms with Gasteiger partial charge in [0.05, 0.1) is 12.3 Å². The lowest BCUT2D eigenvalue weighted by Gasteiger charge is -2.10. The number of thiazole rings is 1. The smallest absolute Gasteiger partial charge is 0.275 e. The fourth-order valence-corrected chi connectivity index (χ4v) is 3.26. The van der Waals surface area contributed by atoms with Crippen LogP contribution in [0.1, 0.15) is 22.3 Å². The zero-order valence-electron chi connectivity index (χ0n) is 13.6. The van der Waals surface area contributed by atoms with Gasteiger partial charge in [0.15, 0.2) is 0 Å². The summed E-state index contributed by atoms with van der Waals surface area (Å²) in [6, 6.07) is 17.3. The largest absolute Gasteiger partial charge is 0.492 e. The Morgan fingerprint density at radius 2 is 1.83 bits per heavy atom. The number of hydrogen-bond donors (Lipinski definition) is 1. The molecular formula is C19H18N2O2S. The van der Waals surface area contributed by atoms with E-state index in [0.717, 1.165) is 15.4 Å². The van der Waals surface area contributed by atoms with Gasteiger partial charge in [-0.05, 0) is 26.0 Å². The zero-order chi connectivity index (χ0) is 16.9. The predicted molar refractivity (Wildman–Crippen MR) is 97.9 cm³/mol. The molecule has 0 aliphatic rings. The fourth-order valence-electron chi connectivity index (χ4n) is 2.34. The van der Waals surface area contributed by atoms with Crippen LogP contribution in [0.25, 0.3) is 10.6 Å². The number of para-hydroxylation sites is 2. The van der Waals surface area contributed by atoms with Crippen molar-refractivity contribution in [2.75, 3.05) is 11.9 Å². The van der Waals surface area contributed by atoms with E-state index < -0.39 is 0 Å². The van der Waals surface area contributed by atoms with Gasteiger partial charge < -0.3 is 10.1 Å². The molecule has 0 bridgehead atoms. The third kappa shape index (κ3) is 3.46. The highest BCUT2D eigenvalue weighted by molar-refractivity contribution is 7.15. The summed E-state index contributed by atoms with van der Waals surface area (Å²) in [6.07, 6.45) is 0. The van der Waals surface area contributed by atoms with E-state index in [2.05, 4.69) is 10.3 Å². The third-order valence-electron chi connectivity index (χ3n) is 3.47. The van der Waals surface area contributed by atoms with Crippen LogP contribution in [0.2, 0.25) is 0 Å². The lowest BCUT2D eigenvalue weighted by molar-refractivity contribution is 0.102. The molecule has 4 nitrogen and oxygen atoms in total. The Kier molecular flexibility index (Phi) is 4.91. The van der Waals surface area contributed by atoms with Gasteiger partial charge in [-0.25, -0.2) is 4.98 Å². The number of rotatable bonds is 5. The molecule has 0 saturated carbocycles. The van der Waals surface area contributed by atoms with Crippen molar-refractivity contribution in [3.8, 4) is 16.3 Å². The lowest BCUT2D eigenvalue weighted by Crippen LogP contribution is -2.14. The Labute approximate surface area is 145 Å². The van der Waals surface area contributed by atoms with Crippen molar-refractivity contribution >= 4 is 22.9 Å². The summed E-state index contributed by atoms with van der Waals surface area (Å²) in [4.78, 5) is 18.0. The number of hydrogen-bond acceptors (Lipinski definition) is 4. The van der Waals surface area contributed by atoms with Crippen LogP contribution in [0.3, 0.4) is 0 Å².